The number of ether oxygens (including phenoxy) is 2. The highest BCUT2D eigenvalue weighted by Crippen LogP contribution is 2.37. The average Bonchev–Trinajstić information content (AvgIpc) is 3.51. The molecule has 1 amide bonds. The van der Waals surface area contributed by atoms with Crippen LogP contribution in [0.15, 0.2) is 58.3 Å². The van der Waals surface area contributed by atoms with Gasteiger partial charge in [0, 0.05) is 58.5 Å². The Morgan fingerprint density at radius 1 is 0.977 bits per heavy atom. The molecule has 6 rings (SSSR count). The molecule has 3 aliphatic heterocycles. The molecule has 7 nitrogen and oxygen atoms in total. The fraction of sp³-hybridized carbons (Fsp3) is 0.611. The van der Waals surface area contributed by atoms with Crippen molar-refractivity contribution in [3.8, 4) is 5.75 Å². The summed E-state index contributed by atoms with van der Waals surface area (Å²) in [6.07, 6.45) is 14.0. The van der Waals surface area contributed by atoms with Crippen LogP contribution in [0, 0.1) is 11.8 Å². The highest BCUT2D eigenvalue weighted by Gasteiger charge is 2.34. The van der Waals surface area contributed by atoms with Crippen LogP contribution in [0.1, 0.15) is 77.2 Å². The van der Waals surface area contributed by atoms with Crippen molar-refractivity contribution >= 4 is 17.4 Å². The van der Waals surface area contributed by atoms with Crippen LogP contribution in [0.4, 0.5) is 0 Å². The van der Waals surface area contributed by atoms with E-state index >= 15 is 0 Å². The highest BCUT2D eigenvalue weighted by molar-refractivity contribution is 5.82. The number of amides is 1. The normalized spacial score (nSPS) is 26.6. The van der Waals surface area contributed by atoms with E-state index in [2.05, 4.69) is 72.1 Å². The summed E-state index contributed by atoms with van der Waals surface area (Å²) in [4.78, 5) is 24.9. The zero-order valence-electron chi connectivity index (χ0n) is 26.5. The average molecular weight is 587 g/mol. The minimum absolute atomic E-state index is 0.113. The Bertz CT molecular complexity index is 1270. The molecular weight excluding hydrogens is 536 g/mol. The summed E-state index contributed by atoms with van der Waals surface area (Å²) in [5.74, 6) is 3.09. The van der Waals surface area contributed by atoms with Gasteiger partial charge in [-0.25, -0.2) is 4.99 Å². The molecule has 7 heteroatoms. The van der Waals surface area contributed by atoms with E-state index in [1.165, 1.54) is 27.9 Å². The molecule has 43 heavy (non-hydrogen) atoms. The van der Waals surface area contributed by atoms with Crippen LogP contribution in [0.25, 0.3) is 5.57 Å². The maximum absolute atomic E-state index is 13.3. The molecule has 2 unspecified atom stereocenters. The van der Waals surface area contributed by atoms with Crippen molar-refractivity contribution in [1.29, 1.82) is 0 Å². The topological polar surface area (TPSA) is 57.6 Å². The number of benzene rings is 1. The van der Waals surface area contributed by atoms with Crippen molar-refractivity contribution in [1.82, 2.24) is 14.7 Å². The van der Waals surface area contributed by atoms with Crippen molar-refractivity contribution < 1.29 is 14.3 Å². The quantitative estimate of drug-likeness (QED) is 0.336. The molecule has 0 bridgehead atoms. The number of aliphatic imine (C=N–C) groups is 1. The Hall–Kier alpha value is -3.06. The molecule has 3 fully saturated rings. The molecule has 1 saturated carbocycles. The summed E-state index contributed by atoms with van der Waals surface area (Å²) < 4.78 is 12.1. The van der Waals surface area contributed by atoms with E-state index in [0.717, 1.165) is 115 Å². The fourth-order valence-electron chi connectivity index (χ4n) is 7.35. The van der Waals surface area contributed by atoms with E-state index in [0.29, 0.717) is 17.9 Å². The number of hydrogen-bond acceptors (Lipinski definition) is 6. The van der Waals surface area contributed by atoms with Crippen LogP contribution >= 0.6 is 0 Å². The zero-order chi connectivity index (χ0) is 29.8. The lowest BCUT2D eigenvalue weighted by atomic mass is 9.84. The van der Waals surface area contributed by atoms with Crippen molar-refractivity contribution in [3.63, 3.8) is 0 Å². The number of nitrogens with zero attached hydrogens (tertiary/aromatic N) is 4. The van der Waals surface area contributed by atoms with Crippen LogP contribution < -0.4 is 4.74 Å². The third-order valence-corrected chi connectivity index (χ3v) is 10.2. The molecule has 0 N–H and O–H groups in total. The molecule has 3 heterocycles. The van der Waals surface area contributed by atoms with Gasteiger partial charge in [-0.1, -0.05) is 25.1 Å². The summed E-state index contributed by atoms with van der Waals surface area (Å²) in [6, 6.07) is 8.60. The van der Waals surface area contributed by atoms with E-state index in [-0.39, 0.29) is 5.92 Å². The first-order valence-electron chi connectivity index (χ1n) is 16.8. The Labute approximate surface area is 258 Å². The standard InChI is InChI=1S/C36H50N4O3/c1-4-26-22-37-36(38(3)23-26)39-19-16-27(17-20-39)25-43-32-12-10-29(11-13-32)28-6-8-30(9-7-28)35(41)40-21-18-31(24-40)33-14-15-34(33)42-5-2/h6,10-13,22,27,30,34H,4-5,7-9,14-21,23-25H2,1-3H3. The first-order valence-corrected chi connectivity index (χ1v) is 16.8. The molecule has 0 aromatic heterocycles. The van der Waals surface area contributed by atoms with Gasteiger partial charge < -0.3 is 24.2 Å². The molecule has 1 aromatic carbocycles. The first kappa shape index (κ1) is 30.0. The second-order valence-electron chi connectivity index (χ2n) is 13.0. The molecular formula is C36H50N4O3. The maximum atomic E-state index is 13.3. The van der Waals surface area contributed by atoms with Crippen molar-refractivity contribution in [3.05, 3.63) is 58.8 Å². The second kappa shape index (κ2) is 13.7. The number of carbonyl (C=O) groups is 1. The number of guanidine groups is 1. The molecule has 0 radical (unpaired) electrons. The molecule has 2 aliphatic carbocycles. The van der Waals surface area contributed by atoms with Crippen LogP contribution in [-0.2, 0) is 9.53 Å². The predicted octanol–water partition coefficient (Wildman–Crippen LogP) is 6.28. The molecule has 2 saturated heterocycles. The van der Waals surface area contributed by atoms with Crippen molar-refractivity contribution in [2.24, 2.45) is 16.8 Å². The number of carbonyl (C=O) groups excluding carboxylic acids is 1. The van der Waals surface area contributed by atoms with E-state index in [1.54, 1.807) is 0 Å². The fourth-order valence-corrected chi connectivity index (χ4v) is 7.35. The van der Waals surface area contributed by atoms with E-state index in [1.807, 2.05) is 0 Å². The lowest BCUT2D eigenvalue weighted by Gasteiger charge is -2.38. The second-order valence-corrected chi connectivity index (χ2v) is 13.0. The first-order chi connectivity index (χ1) is 21.0. The summed E-state index contributed by atoms with van der Waals surface area (Å²) >= 11 is 0. The van der Waals surface area contributed by atoms with Gasteiger partial charge in [0.15, 0.2) is 0 Å². The van der Waals surface area contributed by atoms with Gasteiger partial charge >= 0.3 is 0 Å². The summed E-state index contributed by atoms with van der Waals surface area (Å²) in [7, 11) is 2.15. The predicted molar refractivity (Wildman–Crippen MR) is 173 cm³/mol. The lowest BCUT2D eigenvalue weighted by molar-refractivity contribution is -0.134. The Balaban J connectivity index is 0.942. The van der Waals surface area contributed by atoms with Gasteiger partial charge in [-0.2, -0.15) is 0 Å². The third-order valence-electron chi connectivity index (χ3n) is 10.2. The monoisotopic (exact) mass is 586 g/mol. The molecule has 2 atom stereocenters. The van der Waals surface area contributed by atoms with Gasteiger partial charge in [0.2, 0.25) is 11.9 Å². The van der Waals surface area contributed by atoms with Crippen LogP contribution in [-0.4, -0.2) is 85.7 Å². The van der Waals surface area contributed by atoms with Crippen molar-refractivity contribution in [2.75, 3.05) is 53.0 Å². The van der Waals surface area contributed by atoms with Crippen molar-refractivity contribution in [2.45, 2.75) is 77.7 Å². The van der Waals surface area contributed by atoms with E-state index < -0.39 is 0 Å². The summed E-state index contributed by atoms with van der Waals surface area (Å²) in [5, 5.41) is 0. The van der Waals surface area contributed by atoms with Crippen LogP contribution in [0.3, 0.4) is 0 Å². The van der Waals surface area contributed by atoms with Crippen LogP contribution in [0.2, 0.25) is 0 Å². The SMILES string of the molecule is CCOC1CCC1=C1CCN(C(=O)C2CC=C(c3ccc(OCC4CCN(C5=NC=C(CC)CN5C)CC4)cc3)CC2)C1. The molecule has 232 valence electrons. The summed E-state index contributed by atoms with van der Waals surface area (Å²) in [5.41, 5.74) is 6.94. The van der Waals surface area contributed by atoms with Gasteiger partial charge in [-0.3, -0.25) is 4.79 Å². The number of hydrogen-bond donors (Lipinski definition) is 0. The Morgan fingerprint density at radius 2 is 1.79 bits per heavy atom. The summed E-state index contributed by atoms with van der Waals surface area (Å²) in [6.45, 7) is 10.5. The number of allylic oxidation sites excluding steroid dienone is 2. The molecule has 5 aliphatic rings. The number of rotatable bonds is 8. The van der Waals surface area contributed by atoms with Gasteiger partial charge in [-0.15, -0.1) is 0 Å². The smallest absolute Gasteiger partial charge is 0.226 e. The lowest BCUT2D eigenvalue weighted by Crippen LogP contribution is -2.48. The number of likely N-dealkylation sites (N-methyl/N-ethyl adjacent to an activating group) is 1. The minimum Gasteiger partial charge on any atom is -0.493 e. The van der Waals surface area contributed by atoms with Gasteiger partial charge in [0.25, 0.3) is 0 Å². The van der Waals surface area contributed by atoms with Gasteiger partial charge in [0.05, 0.1) is 12.7 Å². The Morgan fingerprint density at radius 3 is 2.44 bits per heavy atom. The largest absolute Gasteiger partial charge is 0.493 e. The van der Waals surface area contributed by atoms with Crippen LogP contribution in [0.5, 0.6) is 5.75 Å². The number of piperidine rings is 1. The molecule has 1 aromatic rings. The number of likely N-dealkylation sites (tertiary alicyclic amines) is 2. The minimum atomic E-state index is 0.113. The maximum Gasteiger partial charge on any atom is 0.226 e. The highest BCUT2D eigenvalue weighted by atomic mass is 16.5. The van der Waals surface area contributed by atoms with Gasteiger partial charge in [-0.05, 0) is 111 Å². The van der Waals surface area contributed by atoms with E-state index in [4.69, 9.17) is 14.5 Å². The van der Waals surface area contributed by atoms with Gasteiger partial charge in [0.1, 0.15) is 5.75 Å². The molecule has 0 spiro atoms. The zero-order valence-corrected chi connectivity index (χ0v) is 26.5. The Kier molecular flexibility index (Phi) is 9.56. The van der Waals surface area contributed by atoms with E-state index in [9.17, 15) is 4.79 Å². The third kappa shape index (κ3) is 6.87.